The van der Waals surface area contributed by atoms with Gasteiger partial charge in [-0.25, -0.2) is 0 Å². The Morgan fingerprint density at radius 1 is 2.00 bits per heavy atom. The van der Waals surface area contributed by atoms with E-state index in [1.807, 2.05) is 0 Å². The van der Waals surface area contributed by atoms with Crippen LogP contribution in [0.5, 0.6) is 0 Å². The molecule has 0 aromatic rings. The van der Waals surface area contributed by atoms with E-state index in [0.29, 0.717) is 0 Å². The van der Waals surface area contributed by atoms with E-state index in [2.05, 4.69) is 6.92 Å². The molecule has 4 nitrogen and oxygen atoms in total. The first-order valence-electron chi connectivity index (χ1n) is 1.76. The van der Waals surface area contributed by atoms with E-state index in [1.54, 1.807) is 0 Å². The Morgan fingerprint density at radius 2 is 2.43 bits per heavy atom. The molecule has 0 saturated carbocycles. The Hall–Kier alpha value is -0.640. The van der Waals surface area contributed by atoms with Gasteiger partial charge in [-0.1, -0.05) is 0 Å². The lowest BCUT2D eigenvalue weighted by molar-refractivity contribution is -0.513. The van der Waals surface area contributed by atoms with Crippen LogP contribution in [0.2, 0.25) is 0 Å². The highest BCUT2D eigenvalue weighted by atomic mass is 16.6. The number of hydrogen-bond donors (Lipinski definition) is 1. The van der Waals surface area contributed by atoms with Crippen LogP contribution >= 0.6 is 0 Å². The maximum atomic E-state index is 9.51. The molecule has 0 spiro atoms. The summed E-state index contributed by atoms with van der Waals surface area (Å²) in [6, 6.07) is -1.07. The van der Waals surface area contributed by atoms with E-state index in [-0.39, 0.29) is 0 Å². The van der Waals surface area contributed by atoms with E-state index in [0.717, 1.165) is 0 Å². The minimum absolute atomic E-state index is 0.493. The van der Waals surface area contributed by atoms with Crippen LogP contribution in [0.1, 0.15) is 0 Å². The van der Waals surface area contributed by atoms with Gasteiger partial charge in [-0.3, -0.25) is 10.1 Å². The van der Waals surface area contributed by atoms with Crippen LogP contribution in [0, 0.1) is 17.0 Å². The summed E-state index contributed by atoms with van der Waals surface area (Å²) < 4.78 is 0. The van der Waals surface area contributed by atoms with Crippen molar-refractivity contribution in [3.63, 3.8) is 0 Å². The van der Waals surface area contributed by atoms with Gasteiger partial charge in [0.2, 0.25) is 6.04 Å². The molecule has 1 N–H and O–H groups in total. The number of nitrogens with zero attached hydrogens (tertiary/aromatic N) is 1. The molecule has 0 aliphatic heterocycles. The third-order valence-corrected chi connectivity index (χ3v) is 0.509. The summed E-state index contributed by atoms with van der Waals surface area (Å²) >= 11 is 0. The maximum Gasteiger partial charge on any atom is 0.236 e. The minimum atomic E-state index is -1.07. The first-order valence-corrected chi connectivity index (χ1v) is 1.76. The second-order valence-corrected chi connectivity index (χ2v) is 1.12. The first-order chi connectivity index (χ1) is 3.18. The number of aliphatic hydroxyl groups excluding tert-OH is 1. The Morgan fingerprint density at radius 3 is 2.43 bits per heavy atom. The Bertz CT molecular complexity index is 72.6. The minimum Gasteiger partial charge on any atom is -0.389 e. The van der Waals surface area contributed by atoms with Gasteiger partial charge in [0.15, 0.2) is 0 Å². The number of nitro groups is 1. The fourth-order valence-electron chi connectivity index (χ4n) is 0.0667. The molecule has 0 saturated heterocycles. The van der Waals surface area contributed by atoms with Crippen LogP contribution < -0.4 is 0 Å². The van der Waals surface area contributed by atoms with Crippen LogP contribution in [0.25, 0.3) is 0 Å². The highest BCUT2D eigenvalue weighted by molar-refractivity contribution is 4.52. The van der Waals surface area contributed by atoms with E-state index in [9.17, 15) is 10.1 Å². The zero-order valence-corrected chi connectivity index (χ0v) is 3.70. The zero-order chi connectivity index (χ0) is 5.86. The SMILES string of the molecule is [CH2]C(CO)[N+](=O)[O-]. The lowest BCUT2D eigenvalue weighted by Crippen LogP contribution is -2.19. The molecule has 1 radical (unpaired) electrons. The van der Waals surface area contributed by atoms with Gasteiger partial charge >= 0.3 is 0 Å². The lowest BCUT2D eigenvalue weighted by Gasteiger charge is -1.93. The molecule has 1 atom stereocenters. The van der Waals surface area contributed by atoms with E-state index < -0.39 is 17.6 Å². The summed E-state index contributed by atoms with van der Waals surface area (Å²) in [5.41, 5.74) is 0. The highest BCUT2D eigenvalue weighted by Crippen LogP contribution is 1.81. The first kappa shape index (κ1) is 6.36. The molecule has 0 bridgehead atoms. The van der Waals surface area contributed by atoms with Crippen LogP contribution in [-0.2, 0) is 0 Å². The molecule has 7 heavy (non-hydrogen) atoms. The molecule has 0 rings (SSSR count). The monoisotopic (exact) mass is 104 g/mol. The summed E-state index contributed by atoms with van der Waals surface area (Å²) in [5.74, 6) is 0. The van der Waals surface area contributed by atoms with Gasteiger partial charge in [0.1, 0.15) is 6.61 Å². The summed E-state index contributed by atoms with van der Waals surface area (Å²) in [7, 11) is 0. The second-order valence-electron chi connectivity index (χ2n) is 1.12. The van der Waals surface area contributed by atoms with Crippen molar-refractivity contribution >= 4 is 0 Å². The van der Waals surface area contributed by atoms with Crippen LogP contribution in [-0.4, -0.2) is 22.7 Å². The topological polar surface area (TPSA) is 63.4 Å². The van der Waals surface area contributed by atoms with E-state index in [1.165, 1.54) is 0 Å². The van der Waals surface area contributed by atoms with Gasteiger partial charge in [-0.15, -0.1) is 0 Å². The van der Waals surface area contributed by atoms with Crippen molar-refractivity contribution in [3.05, 3.63) is 17.0 Å². The zero-order valence-electron chi connectivity index (χ0n) is 3.70. The predicted molar refractivity (Wildman–Crippen MR) is 23.2 cm³/mol. The normalized spacial score (nSPS) is 13.4. The molecule has 0 fully saturated rings. The van der Waals surface area contributed by atoms with Crippen molar-refractivity contribution in [3.8, 4) is 0 Å². The molecular formula is C3H6NO3. The van der Waals surface area contributed by atoms with Gasteiger partial charge in [-0.2, -0.15) is 0 Å². The summed E-state index contributed by atoms with van der Waals surface area (Å²) in [6.07, 6.45) is 0. The van der Waals surface area contributed by atoms with Gasteiger partial charge in [0.05, 0.1) is 0 Å². The van der Waals surface area contributed by atoms with Crippen LogP contribution in [0.4, 0.5) is 0 Å². The molecule has 0 heterocycles. The number of hydrogen-bond acceptors (Lipinski definition) is 3. The Labute approximate surface area is 40.9 Å². The van der Waals surface area contributed by atoms with Crippen molar-refractivity contribution in [2.45, 2.75) is 6.04 Å². The van der Waals surface area contributed by atoms with Gasteiger partial charge in [0.25, 0.3) is 0 Å². The molecule has 0 amide bonds. The molecule has 0 aromatic carbocycles. The smallest absolute Gasteiger partial charge is 0.236 e. The van der Waals surface area contributed by atoms with Crippen LogP contribution in [0.15, 0.2) is 0 Å². The third kappa shape index (κ3) is 2.11. The average Bonchev–Trinajstić information content (AvgIpc) is 1.65. The summed E-state index contributed by atoms with van der Waals surface area (Å²) in [5, 5.41) is 17.5. The van der Waals surface area contributed by atoms with Gasteiger partial charge in [-0.05, 0) is 0 Å². The van der Waals surface area contributed by atoms with Crippen LogP contribution in [0.3, 0.4) is 0 Å². The molecule has 0 aliphatic carbocycles. The summed E-state index contributed by atoms with van der Waals surface area (Å²) in [6.45, 7) is 2.51. The van der Waals surface area contributed by atoms with Crippen molar-refractivity contribution in [2.24, 2.45) is 0 Å². The van der Waals surface area contributed by atoms with Crippen molar-refractivity contribution in [1.82, 2.24) is 0 Å². The average molecular weight is 104 g/mol. The molecule has 0 aromatic heterocycles. The maximum absolute atomic E-state index is 9.51. The largest absolute Gasteiger partial charge is 0.389 e. The third-order valence-electron chi connectivity index (χ3n) is 0.509. The van der Waals surface area contributed by atoms with E-state index in [4.69, 9.17) is 5.11 Å². The van der Waals surface area contributed by atoms with Gasteiger partial charge in [0, 0.05) is 11.8 Å². The van der Waals surface area contributed by atoms with Crippen molar-refractivity contribution in [1.29, 1.82) is 0 Å². The van der Waals surface area contributed by atoms with E-state index >= 15 is 0 Å². The molecule has 4 heteroatoms. The lowest BCUT2D eigenvalue weighted by atomic mass is 10.4. The highest BCUT2D eigenvalue weighted by Gasteiger charge is 2.08. The number of aliphatic hydroxyl groups is 1. The Kier molecular flexibility index (Phi) is 2.29. The Balaban J connectivity index is 3.34. The van der Waals surface area contributed by atoms with Gasteiger partial charge < -0.3 is 5.11 Å². The second kappa shape index (κ2) is 2.52. The van der Waals surface area contributed by atoms with Crippen molar-refractivity contribution in [2.75, 3.05) is 6.61 Å². The van der Waals surface area contributed by atoms with Crippen molar-refractivity contribution < 1.29 is 10.0 Å². The molecule has 1 unspecified atom stereocenters. The fraction of sp³-hybridized carbons (Fsp3) is 0.667. The predicted octanol–water partition coefficient (Wildman–Crippen LogP) is -0.542. The number of rotatable bonds is 2. The fourth-order valence-corrected chi connectivity index (χ4v) is 0.0667. The molecular weight excluding hydrogens is 98.0 g/mol. The molecule has 41 valence electrons. The molecule has 0 aliphatic rings. The quantitative estimate of drug-likeness (QED) is 0.378. The summed E-state index contributed by atoms with van der Waals surface area (Å²) in [4.78, 5) is 8.87. The standard InChI is InChI=1S/C3H6NO3/c1-3(2-5)4(6)7/h3,5H,1-2H2.